The molecule has 0 radical (unpaired) electrons. The van der Waals surface area contributed by atoms with E-state index in [1.54, 1.807) is 43.3 Å². The van der Waals surface area contributed by atoms with Crippen LogP contribution < -0.4 is 14.4 Å². The molecule has 1 atom stereocenters. The number of aryl methyl sites for hydroxylation is 1. The quantitative estimate of drug-likeness (QED) is 0.360. The van der Waals surface area contributed by atoms with Crippen LogP contribution in [0.5, 0.6) is 5.75 Å². The van der Waals surface area contributed by atoms with Crippen molar-refractivity contribution in [3.63, 3.8) is 0 Å². The molecule has 0 bridgehead atoms. The van der Waals surface area contributed by atoms with Gasteiger partial charge in [-0.05, 0) is 62.2 Å². The maximum atomic E-state index is 14.9. The van der Waals surface area contributed by atoms with Gasteiger partial charge < -0.3 is 15.0 Å². The van der Waals surface area contributed by atoms with Crippen LogP contribution in [0.1, 0.15) is 31.4 Å². The van der Waals surface area contributed by atoms with Gasteiger partial charge in [0, 0.05) is 13.1 Å². The number of sulfonamides is 1. The predicted octanol–water partition coefficient (Wildman–Crippen LogP) is 4.28. The van der Waals surface area contributed by atoms with Crippen molar-refractivity contribution in [3.05, 3.63) is 89.7 Å². The minimum atomic E-state index is -4.34. The number of carbonyl (C=O) groups excluding carboxylic acids is 2. The molecule has 1 N–H and O–H groups in total. The number of hydrogen-bond acceptors (Lipinski definition) is 5. The summed E-state index contributed by atoms with van der Waals surface area (Å²) in [4.78, 5) is 27.9. The van der Waals surface area contributed by atoms with Gasteiger partial charge in [0.15, 0.2) is 0 Å². The highest BCUT2D eigenvalue weighted by atomic mass is 32.2. The third-order valence-electron chi connectivity index (χ3n) is 6.24. The standard InChI is InChI=1S/C29H34FN3O5S/c1-5-18-31-29(35)22(3)32(19-23-12-14-24(38-4)15-13-23)28(34)20-33(27-9-7-6-8-26(27)30)39(36,37)25-16-10-21(2)11-17-25/h6-17,22H,5,18-20H2,1-4H3,(H,31,35). The fourth-order valence-corrected chi connectivity index (χ4v) is 5.33. The molecule has 3 aromatic rings. The van der Waals surface area contributed by atoms with Crippen LogP contribution >= 0.6 is 0 Å². The number of ether oxygens (including phenoxy) is 1. The third-order valence-corrected chi connectivity index (χ3v) is 8.01. The molecular formula is C29H34FN3O5S. The minimum absolute atomic E-state index is 0.0270. The highest BCUT2D eigenvalue weighted by molar-refractivity contribution is 7.92. The van der Waals surface area contributed by atoms with E-state index in [9.17, 15) is 22.4 Å². The number of amides is 2. The van der Waals surface area contributed by atoms with E-state index in [-0.39, 0.29) is 23.0 Å². The molecule has 2 amide bonds. The van der Waals surface area contributed by atoms with Crippen LogP contribution in [0.3, 0.4) is 0 Å². The number of nitrogens with zero attached hydrogens (tertiary/aromatic N) is 2. The second-order valence-corrected chi connectivity index (χ2v) is 11.0. The monoisotopic (exact) mass is 555 g/mol. The topological polar surface area (TPSA) is 96.0 Å². The summed E-state index contributed by atoms with van der Waals surface area (Å²) in [6, 6.07) is 17.5. The molecule has 0 aliphatic rings. The molecule has 3 rings (SSSR count). The van der Waals surface area contributed by atoms with Crippen LogP contribution in [0, 0.1) is 12.7 Å². The molecule has 0 saturated heterocycles. The Morgan fingerprint density at radius 1 is 1.00 bits per heavy atom. The first-order valence-electron chi connectivity index (χ1n) is 12.6. The molecule has 0 aliphatic heterocycles. The zero-order valence-electron chi connectivity index (χ0n) is 22.6. The van der Waals surface area contributed by atoms with Gasteiger partial charge in [0.1, 0.15) is 24.2 Å². The minimum Gasteiger partial charge on any atom is -0.497 e. The van der Waals surface area contributed by atoms with Gasteiger partial charge in [-0.15, -0.1) is 0 Å². The van der Waals surface area contributed by atoms with E-state index in [0.29, 0.717) is 24.3 Å². The molecule has 0 saturated carbocycles. The van der Waals surface area contributed by atoms with E-state index in [4.69, 9.17) is 4.74 Å². The first-order chi connectivity index (χ1) is 18.6. The summed E-state index contributed by atoms with van der Waals surface area (Å²) >= 11 is 0. The zero-order chi connectivity index (χ0) is 28.6. The van der Waals surface area contributed by atoms with Gasteiger partial charge in [0.05, 0.1) is 17.7 Å². The first kappa shape index (κ1) is 29.6. The van der Waals surface area contributed by atoms with Crippen LogP contribution in [0.4, 0.5) is 10.1 Å². The van der Waals surface area contributed by atoms with Crippen molar-refractivity contribution in [1.82, 2.24) is 10.2 Å². The van der Waals surface area contributed by atoms with E-state index in [1.165, 1.54) is 42.3 Å². The number of nitrogens with one attached hydrogen (secondary N) is 1. The molecule has 0 fully saturated rings. The van der Waals surface area contributed by atoms with E-state index in [1.807, 2.05) is 13.8 Å². The molecule has 0 aromatic heterocycles. The maximum Gasteiger partial charge on any atom is 0.264 e. The van der Waals surface area contributed by atoms with Crippen LogP contribution in [0.25, 0.3) is 0 Å². The molecule has 0 aliphatic carbocycles. The first-order valence-corrected chi connectivity index (χ1v) is 14.1. The van der Waals surface area contributed by atoms with Crippen molar-refractivity contribution < 1.29 is 27.1 Å². The van der Waals surface area contributed by atoms with E-state index in [2.05, 4.69) is 5.32 Å². The summed E-state index contributed by atoms with van der Waals surface area (Å²) in [5.41, 5.74) is 1.29. The number of anilines is 1. The molecular weight excluding hydrogens is 521 g/mol. The van der Waals surface area contributed by atoms with Gasteiger partial charge in [0.2, 0.25) is 11.8 Å². The fraction of sp³-hybridized carbons (Fsp3) is 0.310. The second-order valence-electron chi connectivity index (χ2n) is 9.11. The van der Waals surface area contributed by atoms with Crippen molar-refractivity contribution in [2.24, 2.45) is 0 Å². The van der Waals surface area contributed by atoms with Gasteiger partial charge >= 0.3 is 0 Å². The van der Waals surface area contributed by atoms with Gasteiger partial charge in [-0.2, -0.15) is 0 Å². The fourth-order valence-electron chi connectivity index (χ4n) is 3.91. The summed E-state index contributed by atoms with van der Waals surface area (Å²) in [5, 5.41) is 2.78. The number of carbonyl (C=O) groups is 2. The highest BCUT2D eigenvalue weighted by Gasteiger charge is 2.33. The van der Waals surface area contributed by atoms with Crippen molar-refractivity contribution in [1.29, 1.82) is 0 Å². The molecule has 10 heteroatoms. The number of rotatable bonds is 12. The summed E-state index contributed by atoms with van der Waals surface area (Å²) in [6.07, 6.45) is 0.709. The molecule has 0 heterocycles. The van der Waals surface area contributed by atoms with E-state index >= 15 is 0 Å². The van der Waals surface area contributed by atoms with Crippen LogP contribution in [0.15, 0.2) is 77.7 Å². The number of halogens is 1. The number of para-hydroxylation sites is 1. The molecule has 3 aromatic carbocycles. The number of benzene rings is 3. The van der Waals surface area contributed by atoms with Gasteiger partial charge in [-0.3, -0.25) is 13.9 Å². The maximum absolute atomic E-state index is 14.9. The lowest BCUT2D eigenvalue weighted by atomic mass is 10.1. The Kier molecular flexibility index (Phi) is 10.1. The molecule has 8 nitrogen and oxygen atoms in total. The lowest BCUT2D eigenvalue weighted by molar-refractivity contribution is -0.139. The van der Waals surface area contributed by atoms with Crippen molar-refractivity contribution in [2.45, 2.75) is 44.7 Å². The summed E-state index contributed by atoms with van der Waals surface area (Å²) in [7, 11) is -2.80. The molecule has 208 valence electrons. The molecule has 39 heavy (non-hydrogen) atoms. The third kappa shape index (κ3) is 7.35. The summed E-state index contributed by atoms with van der Waals surface area (Å²) in [6.45, 7) is 5.05. The lowest BCUT2D eigenvalue weighted by Crippen LogP contribution is -2.51. The van der Waals surface area contributed by atoms with Gasteiger partial charge in [-0.25, -0.2) is 12.8 Å². The number of methoxy groups -OCH3 is 1. The predicted molar refractivity (Wildman–Crippen MR) is 148 cm³/mol. The van der Waals surface area contributed by atoms with Crippen LogP contribution in [0.2, 0.25) is 0 Å². The largest absolute Gasteiger partial charge is 0.497 e. The van der Waals surface area contributed by atoms with Crippen molar-refractivity contribution in [3.8, 4) is 5.75 Å². The Labute approximate surface area is 229 Å². The summed E-state index contributed by atoms with van der Waals surface area (Å²) < 4.78 is 48.3. The number of hydrogen-bond donors (Lipinski definition) is 1. The smallest absolute Gasteiger partial charge is 0.264 e. The summed E-state index contributed by atoms with van der Waals surface area (Å²) in [5.74, 6) is -1.21. The van der Waals surface area contributed by atoms with Gasteiger partial charge in [-0.1, -0.05) is 48.9 Å². The van der Waals surface area contributed by atoms with E-state index < -0.39 is 34.3 Å². The van der Waals surface area contributed by atoms with E-state index in [0.717, 1.165) is 15.9 Å². The SMILES string of the molecule is CCCNC(=O)C(C)N(Cc1ccc(OC)cc1)C(=O)CN(c1ccccc1F)S(=O)(=O)c1ccc(C)cc1. The Morgan fingerprint density at radius 2 is 1.64 bits per heavy atom. The van der Waals surface area contributed by atoms with Crippen molar-refractivity contribution >= 4 is 27.5 Å². The van der Waals surface area contributed by atoms with Gasteiger partial charge in [0.25, 0.3) is 10.0 Å². The van der Waals surface area contributed by atoms with Crippen LogP contribution in [-0.2, 0) is 26.2 Å². The zero-order valence-corrected chi connectivity index (χ0v) is 23.4. The molecule has 1 unspecified atom stereocenters. The Hall–Kier alpha value is -3.92. The lowest BCUT2D eigenvalue weighted by Gasteiger charge is -2.32. The highest BCUT2D eigenvalue weighted by Crippen LogP contribution is 2.27. The Balaban J connectivity index is 2.02. The Morgan fingerprint density at radius 3 is 2.23 bits per heavy atom. The van der Waals surface area contributed by atoms with Crippen molar-refractivity contribution in [2.75, 3.05) is 24.5 Å². The average molecular weight is 556 g/mol. The average Bonchev–Trinajstić information content (AvgIpc) is 2.93. The Bertz CT molecular complexity index is 1380. The normalized spacial score (nSPS) is 11.9. The molecule has 0 spiro atoms. The van der Waals surface area contributed by atoms with Crippen LogP contribution in [-0.4, -0.2) is 51.4 Å². The second kappa shape index (κ2) is 13.2.